The van der Waals surface area contributed by atoms with Crippen LogP contribution in [0.25, 0.3) is 0 Å². The van der Waals surface area contributed by atoms with E-state index in [1.165, 1.54) is 18.9 Å². The lowest BCUT2D eigenvalue weighted by Crippen LogP contribution is -2.16. The summed E-state index contributed by atoms with van der Waals surface area (Å²) in [7, 11) is 1.41. The van der Waals surface area contributed by atoms with E-state index in [1.54, 1.807) is 0 Å². The minimum absolute atomic E-state index is 0.119. The van der Waals surface area contributed by atoms with Crippen LogP contribution in [-0.2, 0) is 9.53 Å². The number of thioether (sulfide) groups is 1. The molecule has 0 aromatic heterocycles. The molecule has 0 aromatic carbocycles. The van der Waals surface area contributed by atoms with Gasteiger partial charge in [0.25, 0.3) is 0 Å². The van der Waals surface area contributed by atoms with Crippen molar-refractivity contribution in [2.75, 3.05) is 13.7 Å². The molecule has 12 heavy (non-hydrogen) atoms. The molecule has 0 aliphatic carbocycles. The predicted molar refractivity (Wildman–Crippen MR) is 50.6 cm³/mol. The summed E-state index contributed by atoms with van der Waals surface area (Å²) in [6.45, 7) is 2.76. The van der Waals surface area contributed by atoms with E-state index in [-0.39, 0.29) is 11.2 Å². The average Bonchev–Trinajstić information content (AvgIpc) is 2.55. The summed E-state index contributed by atoms with van der Waals surface area (Å²) in [6, 6.07) is 0. The quantitative estimate of drug-likeness (QED) is 0.614. The third-order valence-corrected chi connectivity index (χ3v) is 2.83. The van der Waals surface area contributed by atoms with E-state index in [0.29, 0.717) is 0 Å². The van der Waals surface area contributed by atoms with E-state index in [1.807, 2.05) is 6.92 Å². The molecule has 0 spiro atoms. The fourth-order valence-electron chi connectivity index (χ4n) is 1.03. The Morgan fingerprint density at radius 1 is 1.75 bits per heavy atom. The Hall–Kier alpha value is -0.510. The van der Waals surface area contributed by atoms with Gasteiger partial charge in [-0.2, -0.15) is 0 Å². The van der Waals surface area contributed by atoms with Gasteiger partial charge in [0.1, 0.15) is 5.25 Å². The number of ether oxygens (including phenoxy) is 1. The van der Waals surface area contributed by atoms with E-state index in [2.05, 4.69) is 9.73 Å². The molecule has 1 atom stereocenters. The number of nitrogens with zero attached hydrogens (tertiary/aromatic N) is 1. The van der Waals surface area contributed by atoms with Gasteiger partial charge in [-0.05, 0) is 19.8 Å². The second-order valence-electron chi connectivity index (χ2n) is 2.66. The molecular weight excluding hydrogens is 174 g/mol. The zero-order chi connectivity index (χ0) is 8.97. The molecule has 0 aromatic rings. The topological polar surface area (TPSA) is 38.7 Å². The first-order valence-electron chi connectivity index (χ1n) is 4.02. The SMILES string of the molecule is COC(=O)C(C)SC1=NCCC1. The lowest BCUT2D eigenvalue weighted by Gasteiger charge is -2.07. The number of methoxy groups -OCH3 is 1. The molecule has 1 unspecified atom stereocenters. The van der Waals surface area contributed by atoms with Crippen molar-refractivity contribution in [2.24, 2.45) is 4.99 Å². The van der Waals surface area contributed by atoms with Crippen LogP contribution in [-0.4, -0.2) is 29.9 Å². The van der Waals surface area contributed by atoms with Crippen molar-refractivity contribution in [3.8, 4) is 0 Å². The van der Waals surface area contributed by atoms with Gasteiger partial charge in [0.05, 0.1) is 12.2 Å². The summed E-state index contributed by atoms with van der Waals surface area (Å²) in [4.78, 5) is 15.3. The lowest BCUT2D eigenvalue weighted by molar-refractivity contribution is -0.139. The first kappa shape index (κ1) is 9.58. The van der Waals surface area contributed by atoms with Crippen molar-refractivity contribution in [1.29, 1.82) is 0 Å². The maximum atomic E-state index is 11.0. The Morgan fingerprint density at radius 2 is 2.50 bits per heavy atom. The smallest absolute Gasteiger partial charge is 0.318 e. The first-order valence-corrected chi connectivity index (χ1v) is 4.90. The predicted octanol–water partition coefficient (Wildman–Crippen LogP) is 1.47. The third-order valence-electron chi connectivity index (χ3n) is 1.68. The Kier molecular flexibility index (Phi) is 3.59. The van der Waals surface area contributed by atoms with Crippen LogP contribution in [0.5, 0.6) is 0 Å². The van der Waals surface area contributed by atoms with Crippen molar-refractivity contribution >= 4 is 22.8 Å². The molecule has 0 amide bonds. The van der Waals surface area contributed by atoms with E-state index < -0.39 is 0 Å². The summed E-state index contributed by atoms with van der Waals surface area (Å²) in [5.41, 5.74) is 0. The summed E-state index contributed by atoms with van der Waals surface area (Å²) < 4.78 is 4.61. The van der Waals surface area contributed by atoms with Crippen LogP contribution in [0, 0.1) is 0 Å². The lowest BCUT2D eigenvalue weighted by atomic mass is 10.4. The molecule has 0 bridgehead atoms. The van der Waals surface area contributed by atoms with Crippen LogP contribution in [0.4, 0.5) is 0 Å². The van der Waals surface area contributed by atoms with Crippen LogP contribution in [0.2, 0.25) is 0 Å². The van der Waals surface area contributed by atoms with Crippen molar-refractivity contribution in [2.45, 2.75) is 25.0 Å². The van der Waals surface area contributed by atoms with E-state index >= 15 is 0 Å². The van der Waals surface area contributed by atoms with Gasteiger partial charge in [-0.1, -0.05) is 11.8 Å². The highest BCUT2D eigenvalue weighted by Gasteiger charge is 2.18. The van der Waals surface area contributed by atoms with E-state index in [4.69, 9.17) is 0 Å². The number of carbonyl (C=O) groups excluding carboxylic acids is 1. The van der Waals surface area contributed by atoms with Gasteiger partial charge >= 0.3 is 5.97 Å². The molecule has 0 N–H and O–H groups in total. The van der Waals surface area contributed by atoms with Crippen molar-refractivity contribution in [3.63, 3.8) is 0 Å². The summed E-state index contributed by atoms with van der Waals surface area (Å²) in [6.07, 6.45) is 2.14. The second kappa shape index (κ2) is 4.50. The maximum absolute atomic E-state index is 11.0. The standard InChI is InChI=1S/C8H13NO2S/c1-6(8(10)11-2)12-7-4-3-5-9-7/h6H,3-5H2,1-2H3. The van der Waals surface area contributed by atoms with Crippen LogP contribution < -0.4 is 0 Å². The van der Waals surface area contributed by atoms with Crippen LogP contribution in [0.3, 0.4) is 0 Å². The average molecular weight is 187 g/mol. The molecule has 1 aliphatic heterocycles. The fourth-order valence-corrected chi connectivity index (χ4v) is 2.06. The molecule has 4 heteroatoms. The van der Waals surface area contributed by atoms with E-state index in [9.17, 15) is 4.79 Å². The number of aliphatic imine (C=N–C) groups is 1. The molecular formula is C8H13NO2S. The van der Waals surface area contributed by atoms with Gasteiger partial charge in [-0.15, -0.1) is 0 Å². The Morgan fingerprint density at radius 3 is 3.00 bits per heavy atom. The number of hydrogen-bond acceptors (Lipinski definition) is 4. The van der Waals surface area contributed by atoms with Gasteiger partial charge in [-0.3, -0.25) is 9.79 Å². The number of hydrogen-bond donors (Lipinski definition) is 0. The zero-order valence-corrected chi connectivity index (χ0v) is 8.19. The van der Waals surface area contributed by atoms with Gasteiger partial charge < -0.3 is 4.74 Å². The fraction of sp³-hybridized carbons (Fsp3) is 0.750. The summed E-state index contributed by atoms with van der Waals surface area (Å²) in [5, 5.41) is 0.972. The minimum atomic E-state index is -0.172. The largest absolute Gasteiger partial charge is 0.468 e. The molecule has 68 valence electrons. The summed E-state index contributed by atoms with van der Waals surface area (Å²) in [5.74, 6) is -0.172. The molecule has 0 fully saturated rings. The normalized spacial score (nSPS) is 18.7. The minimum Gasteiger partial charge on any atom is -0.468 e. The van der Waals surface area contributed by atoms with Crippen molar-refractivity contribution < 1.29 is 9.53 Å². The monoisotopic (exact) mass is 187 g/mol. The maximum Gasteiger partial charge on any atom is 0.318 e. The van der Waals surface area contributed by atoms with Gasteiger partial charge in [0, 0.05) is 6.54 Å². The summed E-state index contributed by atoms with van der Waals surface area (Å²) >= 11 is 1.52. The third kappa shape index (κ3) is 2.52. The highest BCUT2D eigenvalue weighted by molar-refractivity contribution is 8.15. The molecule has 0 saturated carbocycles. The van der Waals surface area contributed by atoms with Crippen molar-refractivity contribution in [1.82, 2.24) is 0 Å². The second-order valence-corrected chi connectivity index (χ2v) is 4.08. The highest BCUT2D eigenvalue weighted by Crippen LogP contribution is 2.20. The first-order chi connectivity index (χ1) is 5.74. The number of rotatable bonds is 2. The Bertz CT molecular complexity index is 203. The van der Waals surface area contributed by atoms with Crippen LogP contribution in [0.1, 0.15) is 19.8 Å². The Balaban J connectivity index is 2.34. The van der Waals surface area contributed by atoms with Crippen molar-refractivity contribution in [3.05, 3.63) is 0 Å². The van der Waals surface area contributed by atoms with Gasteiger partial charge in [-0.25, -0.2) is 0 Å². The Labute approximate surface area is 76.6 Å². The zero-order valence-electron chi connectivity index (χ0n) is 7.37. The van der Waals surface area contributed by atoms with E-state index in [0.717, 1.165) is 24.4 Å². The number of esters is 1. The van der Waals surface area contributed by atoms with Crippen LogP contribution >= 0.6 is 11.8 Å². The molecule has 1 heterocycles. The molecule has 1 rings (SSSR count). The molecule has 0 radical (unpaired) electrons. The number of carbonyl (C=O) groups is 1. The molecule has 1 aliphatic rings. The molecule has 0 saturated heterocycles. The molecule has 3 nitrogen and oxygen atoms in total. The van der Waals surface area contributed by atoms with Gasteiger partial charge in [0.2, 0.25) is 0 Å². The van der Waals surface area contributed by atoms with Gasteiger partial charge in [0.15, 0.2) is 0 Å². The highest BCUT2D eigenvalue weighted by atomic mass is 32.2. The van der Waals surface area contributed by atoms with Crippen LogP contribution in [0.15, 0.2) is 4.99 Å².